The zero-order chi connectivity index (χ0) is 18.8. The van der Waals surface area contributed by atoms with E-state index in [1.165, 1.54) is 40.6 Å². The Morgan fingerprint density at radius 3 is 2.15 bits per heavy atom. The molecule has 26 heavy (non-hydrogen) atoms. The summed E-state index contributed by atoms with van der Waals surface area (Å²) in [6.45, 7) is 0. The smallest absolute Gasteiger partial charge is 0.204 e. The molecule has 0 aliphatic carbocycles. The molecular formula is C19H18O7. The third-order valence-corrected chi connectivity index (χ3v) is 3.99. The van der Waals surface area contributed by atoms with Crippen LogP contribution >= 0.6 is 0 Å². The second-order valence-corrected chi connectivity index (χ2v) is 5.38. The highest BCUT2D eigenvalue weighted by Crippen LogP contribution is 2.41. The van der Waals surface area contributed by atoms with Gasteiger partial charge in [-0.2, -0.15) is 0 Å². The van der Waals surface area contributed by atoms with Gasteiger partial charge in [0.05, 0.1) is 28.4 Å². The minimum atomic E-state index is -0.328. The molecule has 0 spiro atoms. The molecule has 1 heterocycles. The highest BCUT2D eigenvalue weighted by molar-refractivity contribution is 5.92. The molecule has 7 nitrogen and oxygen atoms in total. The zero-order valence-corrected chi connectivity index (χ0v) is 14.8. The summed E-state index contributed by atoms with van der Waals surface area (Å²) in [6.07, 6.45) is 0. The Balaban J connectivity index is 2.31. The fourth-order valence-electron chi connectivity index (χ4n) is 2.75. The molecular weight excluding hydrogens is 340 g/mol. The number of rotatable bonds is 5. The predicted molar refractivity (Wildman–Crippen MR) is 95.8 cm³/mol. The van der Waals surface area contributed by atoms with Crippen molar-refractivity contribution in [3.63, 3.8) is 0 Å². The SMILES string of the molecule is COc1ccc(-c2cc(=O)c3c(OC)cc(O)c(OC)c3o2)cc1OC. The van der Waals surface area contributed by atoms with E-state index < -0.39 is 0 Å². The Hall–Kier alpha value is -3.35. The molecule has 3 rings (SSSR count). The van der Waals surface area contributed by atoms with E-state index in [4.69, 9.17) is 23.4 Å². The number of hydrogen-bond acceptors (Lipinski definition) is 7. The van der Waals surface area contributed by atoms with Gasteiger partial charge in [0.15, 0.2) is 28.3 Å². The van der Waals surface area contributed by atoms with Crippen molar-refractivity contribution in [1.29, 1.82) is 0 Å². The minimum absolute atomic E-state index is 0.0558. The molecule has 3 aromatic rings. The highest BCUT2D eigenvalue weighted by atomic mass is 16.5. The highest BCUT2D eigenvalue weighted by Gasteiger charge is 2.20. The zero-order valence-electron chi connectivity index (χ0n) is 14.8. The maximum atomic E-state index is 12.7. The summed E-state index contributed by atoms with van der Waals surface area (Å²) in [6, 6.07) is 7.79. The van der Waals surface area contributed by atoms with Crippen LogP contribution < -0.4 is 24.4 Å². The van der Waals surface area contributed by atoms with Gasteiger partial charge < -0.3 is 28.5 Å². The van der Waals surface area contributed by atoms with E-state index in [9.17, 15) is 9.90 Å². The van der Waals surface area contributed by atoms with Crippen molar-refractivity contribution in [3.8, 4) is 40.1 Å². The minimum Gasteiger partial charge on any atom is -0.504 e. The lowest BCUT2D eigenvalue weighted by Gasteiger charge is -2.12. The van der Waals surface area contributed by atoms with Crippen molar-refractivity contribution < 1.29 is 28.5 Å². The molecule has 0 saturated carbocycles. The average Bonchev–Trinajstić information content (AvgIpc) is 2.66. The van der Waals surface area contributed by atoms with Gasteiger partial charge in [-0.05, 0) is 18.2 Å². The Morgan fingerprint density at radius 2 is 1.54 bits per heavy atom. The van der Waals surface area contributed by atoms with Crippen molar-refractivity contribution >= 4 is 11.0 Å². The lowest BCUT2D eigenvalue weighted by molar-refractivity contribution is 0.355. The Bertz CT molecular complexity index is 1020. The third kappa shape index (κ3) is 2.77. The molecule has 0 aliphatic heterocycles. The number of fused-ring (bicyclic) bond motifs is 1. The molecule has 0 radical (unpaired) electrons. The monoisotopic (exact) mass is 358 g/mol. The second kappa shape index (κ2) is 6.87. The van der Waals surface area contributed by atoms with E-state index in [0.717, 1.165) is 0 Å². The topological polar surface area (TPSA) is 87.4 Å². The van der Waals surface area contributed by atoms with Gasteiger partial charge in [-0.15, -0.1) is 0 Å². The molecule has 1 N–H and O–H groups in total. The normalized spacial score (nSPS) is 10.6. The molecule has 0 atom stereocenters. The van der Waals surface area contributed by atoms with Crippen LogP contribution in [0.3, 0.4) is 0 Å². The molecule has 1 aromatic heterocycles. The van der Waals surface area contributed by atoms with Crippen LogP contribution in [0.1, 0.15) is 0 Å². The first-order valence-corrected chi connectivity index (χ1v) is 7.68. The van der Waals surface area contributed by atoms with Gasteiger partial charge in [0.2, 0.25) is 5.75 Å². The van der Waals surface area contributed by atoms with Gasteiger partial charge in [-0.1, -0.05) is 0 Å². The first-order chi connectivity index (χ1) is 12.5. The molecule has 0 unspecified atom stereocenters. The lowest BCUT2D eigenvalue weighted by Crippen LogP contribution is -2.04. The number of benzene rings is 2. The molecule has 7 heteroatoms. The molecule has 0 bridgehead atoms. The number of phenols is 1. The van der Waals surface area contributed by atoms with Gasteiger partial charge >= 0.3 is 0 Å². The number of aromatic hydroxyl groups is 1. The van der Waals surface area contributed by atoms with Gasteiger partial charge in [0.25, 0.3) is 0 Å². The summed E-state index contributed by atoms with van der Waals surface area (Å²) in [4.78, 5) is 12.7. The van der Waals surface area contributed by atoms with Crippen LogP contribution in [0.5, 0.6) is 28.7 Å². The maximum absolute atomic E-state index is 12.7. The summed E-state index contributed by atoms with van der Waals surface area (Å²) >= 11 is 0. The number of hydrogen-bond donors (Lipinski definition) is 1. The van der Waals surface area contributed by atoms with E-state index >= 15 is 0 Å². The molecule has 0 fully saturated rings. The van der Waals surface area contributed by atoms with Crippen molar-refractivity contribution in [2.75, 3.05) is 28.4 Å². The van der Waals surface area contributed by atoms with Crippen LogP contribution in [0.4, 0.5) is 0 Å². The van der Waals surface area contributed by atoms with Crippen LogP contribution in [0.25, 0.3) is 22.3 Å². The standard InChI is InChI=1S/C19H18O7/c1-22-13-6-5-10(7-15(13)23-2)14-8-11(20)17-16(24-3)9-12(21)18(25-4)19(17)26-14/h5-9,21H,1-4H3. The predicted octanol–water partition coefficient (Wildman–Crippen LogP) is 3.20. The summed E-state index contributed by atoms with van der Waals surface area (Å²) in [5.74, 6) is 1.40. The van der Waals surface area contributed by atoms with E-state index in [-0.39, 0.29) is 39.4 Å². The Morgan fingerprint density at radius 1 is 0.846 bits per heavy atom. The summed E-state index contributed by atoms with van der Waals surface area (Å²) in [5.41, 5.74) is 0.374. The third-order valence-electron chi connectivity index (χ3n) is 3.99. The number of phenolic OH excluding ortho intramolecular Hbond substituents is 1. The first-order valence-electron chi connectivity index (χ1n) is 7.68. The average molecular weight is 358 g/mol. The van der Waals surface area contributed by atoms with E-state index in [1.54, 1.807) is 18.2 Å². The molecule has 2 aromatic carbocycles. The van der Waals surface area contributed by atoms with Crippen LogP contribution in [0.2, 0.25) is 0 Å². The van der Waals surface area contributed by atoms with E-state index in [1.807, 2.05) is 0 Å². The number of ether oxygens (including phenoxy) is 4. The van der Waals surface area contributed by atoms with Crippen LogP contribution in [0.15, 0.2) is 39.5 Å². The van der Waals surface area contributed by atoms with Gasteiger partial charge in [-0.3, -0.25) is 4.79 Å². The summed E-state index contributed by atoms with van der Waals surface area (Å²) in [5, 5.41) is 10.3. The fraction of sp³-hybridized carbons (Fsp3) is 0.211. The maximum Gasteiger partial charge on any atom is 0.204 e. The van der Waals surface area contributed by atoms with Crippen molar-refractivity contribution in [3.05, 3.63) is 40.6 Å². The van der Waals surface area contributed by atoms with Crippen LogP contribution in [-0.4, -0.2) is 33.5 Å². The van der Waals surface area contributed by atoms with E-state index in [2.05, 4.69) is 0 Å². The van der Waals surface area contributed by atoms with Crippen molar-refractivity contribution in [2.24, 2.45) is 0 Å². The van der Waals surface area contributed by atoms with Gasteiger partial charge in [-0.25, -0.2) is 0 Å². The van der Waals surface area contributed by atoms with Crippen molar-refractivity contribution in [2.45, 2.75) is 0 Å². The van der Waals surface area contributed by atoms with Gasteiger partial charge in [0, 0.05) is 17.7 Å². The summed E-state index contributed by atoms with van der Waals surface area (Å²) < 4.78 is 26.8. The fourth-order valence-corrected chi connectivity index (χ4v) is 2.75. The lowest BCUT2D eigenvalue weighted by atomic mass is 10.1. The Kier molecular flexibility index (Phi) is 4.62. The van der Waals surface area contributed by atoms with Crippen LogP contribution in [-0.2, 0) is 0 Å². The molecule has 0 aliphatic rings. The molecule has 0 amide bonds. The molecule has 136 valence electrons. The van der Waals surface area contributed by atoms with E-state index in [0.29, 0.717) is 17.1 Å². The summed E-state index contributed by atoms with van der Waals surface area (Å²) in [7, 11) is 5.84. The Labute approximate surface area is 149 Å². The second-order valence-electron chi connectivity index (χ2n) is 5.38. The van der Waals surface area contributed by atoms with Gasteiger partial charge in [0.1, 0.15) is 16.9 Å². The number of methoxy groups -OCH3 is 4. The van der Waals surface area contributed by atoms with Crippen molar-refractivity contribution in [1.82, 2.24) is 0 Å². The van der Waals surface area contributed by atoms with Crippen LogP contribution in [0, 0.1) is 0 Å². The first kappa shape index (κ1) is 17.5. The largest absolute Gasteiger partial charge is 0.504 e. The quantitative estimate of drug-likeness (QED) is 0.749. The molecule has 0 saturated heterocycles.